The maximum Gasteiger partial charge on any atom is 0.229 e. The zero-order valence-corrected chi connectivity index (χ0v) is 15.8. The minimum atomic E-state index is 0.301. The van der Waals surface area contributed by atoms with Gasteiger partial charge in [0.15, 0.2) is 5.82 Å². The standard InChI is InChI=1S/C19H27N5O2/c1-12(2)18-22-19(26-23-18)14-4-7-24(8-5-14)17-10-16(20-13(3)21-17)15-6-9-25-11-15/h10,12,14-15H,4-9,11H2,1-3H3. The summed E-state index contributed by atoms with van der Waals surface area (Å²) in [5.74, 6) is 4.51. The van der Waals surface area contributed by atoms with Gasteiger partial charge in [0.1, 0.15) is 11.6 Å². The Morgan fingerprint density at radius 3 is 2.54 bits per heavy atom. The summed E-state index contributed by atoms with van der Waals surface area (Å²) in [5.41, 5.74) is 1.12. The SMILES string of the molecule is Cc1nc(C2CCOC2)cc(N2CCC(c3nc(C(C)C)no3)CC2)n1. The molecule has 140 valence electrons. The molecule has 2 saturated heterocycles. The number of piperidine rings is 1. The first-order chi connectivity index (χ1) is 12.6. The molecule has 0 bridgehead atoms. The highest BCUT2D eigenvalue weighted by molar-refractivity contribution is 5.41. The summed E-state index contributed by atoms with van der Waals surface area (Å²) in [6.07, 6.45) is 3.06. The van der Waals surface area contributed by atoms with Gasteiger partial charge in [0, 0.05) is 43.5 Å². The predicted molar refractivity (Wildman–Crippen MR) is 97.5 cm³/mol. The summed E-state index contributed by atoms with van der Waals surface area (Å²) in [5, 5.41) is 4.10. The summed E-state index contributed by atoms with van der Waals surface area (Å²) in [4.78, 5) is 16.2. The van der Waals surface area contributed by atoms with Crippen LogP contribution in [0.1, 0.15) is 74.1 Å². The van der Waals surface area contributed by atoms with Gasteiger partial charge in [-0.1, -0.05) is 19.0 Å². The monoisotopic (exact) mass is 357 g/mol. The molecule has 2 aliphatic heterocycles. The Bertz CT molecular complexity index is 746. The number of hydrogen-bond acceptors (Lipinski definition) is 7. The minimum Gasteiger partial charge on any atom is -0.381 e. The summed E-state index contributed by atoms with van der Waals surface area (Å²) in [7, 11) is 0. The van der Waals surface area contributed by atoms with Gasteiger partial charge in [0.2, 0.25) is 5.89 Å². The van der Waals surface area contributed by atoms with E-state index in [0.717, 1.165) is 74.6 Å². The molecule has 4 heterocycles. The highest BCUT2D eigenvalue weighted by Gasteiger charge is 2.27. The fourth-order valence-corrected chi connectivity index (χ4v) is 3.72. The highest BCUT2D eigenvalue weighted by Crippen LogP contribution is 2.31. The number of hydrogen-bond donors (Lipinski definition) is 0. The van der Waals surface area contributed by atoms with Crippen LogP contribution in [0.25, 0.3) is 0 Å². The second-order valence-corrected chi connectivity index (χ2v) is 7.67. The van der Waals surface area contributed by atoms with Gasteiger partial charge in [-0.25, -0.2) is 9.97 Å². The van der Waals surface area contributed by atoms with Crippen LogP contribution in [0.4, 0.5) is 5.82 Å². The second-order valence-electron chi connectivity index (χ2n) is 7.67. The molecule has 2 fully saturated rings. The molecule has 2 aromatic heterocycles. The Labute approximate surface area is 154 Å². The van der Waals surface area contributed by atoms with Crippen LogP contribution in [0, 0.1) is 6.92 Å². The quantitative estimate of drug-likeness (QED) is 0.831. The van der Waals surface area contributed by atoms with Crippen molar-refractivity contribution in [2.75, 3.05) is 31.2 Å². The molecule has 0 radical (unpaired) electrons. The van der Waals surface area contributed by atoms with E-state index in [-0.39, 0.29) is 0 Å². The van der Waals surface area contributed by atoms with Gasteiger partial charge >= 0.3 is 0 Å². The molecule has 4 rings (SSSR count). The van der Waals surface area contributed by atoms with Gasteiger partial charge in [0.05, 0.1) is 12.3 Å². The first kappa shape index (κ1) is 17.4. The van der Waals surface area contributed by atoms with Gasteiger partial charge in [-0.05, 0) is 26.2 Å². The second kappa shape index (κ2) is 7.31. The largest absolute Gasteiger partial charge is 0.381 e. The van der Waals surface area contributed by atoms with Gasteiger partial charge < -0.3 is 14.2 Å². The van der Waals surface area contributed by atoms with Crippen molar-refractivity contribution >= 4 is 5.82 Å². The van der Waals surface area contributed by atoms with E-state index in [1.807, 2.05) is 6.92 Å². The van der Waals surface area contributed by atoms with Crippen LogP contribution >= 0.6 is 0 Å². The maximum absolute atomic E-state index is 5.52. The van der Waals surface area contributed by atoms with Crippen molar-refractivity contribution in [2.45, 2.75) is 57.8 Å². The molecule has 0 amide bonds. The lowest BCUT2D eigenvalue weighted by molar-refractivity contribution is 0.193. The third kappa shape index (κ3) is 3.58. The molecule has 7 nitrogen and oxygen atoms in total. The molecule has 0 spiro atoms. The van der Waals surface area contributed by atoms with Gasteiger partial charge in [-0.15, -0.1) is 0 Å². The van der Waals surface area contributed by atoms with Crippen LogP contribution in [0.3, 0.4) is 0 Å². The molecule has 26 heavy (non-hydrogen) atoms. The van der Waals surface area contributed by atoms with Gasteiger partial charge in [-0.2, -0.15) is 4.98 Å². The van der Waals surface area contributed by atoms with E-state index < -0.39 is 0 Å². The van der Waals surface area contributed by atoms with Gasteiger partial charge in [0.25, 0.3) is 0 Å². The molecule has 2 aromatic rings. The number of rotatable bonds is 4. The van der Waals surface area contributed by atoms with Crippen LogP contribution in [0.2, 0.25) is 0 Å². The van der Waals surface area contributed by atoms with Crippen LogP contribution in [0.15, 0.2) is 10.6 Å². The summed E-state index contributed by atoms with van der Waals surface area (Å²) in [6, 6.07) is 2.15. The first-order valence-electron chi connectivity index (χ1n) is 9.62. The molecule has 7 heteroatoms. The lowest BCUT2D eigenvalue weighted by atomic mass is 9.96. The van der Waals surface area contributed by atoms with Crippen LogP contribution < -0.4 is 4.90 Å². The predicted octanol–water partition coefficient (Wildman–Crippen LogP) is 3.18. The van der Waals surface area contributed by atoms with Crippen molar-refractivity contribution in [3.63, 3.8) is 0 Å². The van der Waals surface area contributed by atoms with Crippen LogP contribution in [0.5, 0.6) is 0 Å². The van der Waals surface area contributed by atoms with Crippen molar-refractivity contribution in [3.8, 4) is 0 Å². The average Bonchev–Trinajstić information content (AvgIpc) is 3.33. The van der Waals surface area contributed by atoms with Crippen molar-refractivity contribution < 1.29 is 9.26 Å². The third-order valence-corrected chi connectivity index (χ3v) is 5.33. The topological polar surface area (TPSA) is 77.2 Å². The Balaban J connectivity index is 1.44. The molecule has 0 aliphatic carbocycles. The molecule has 1 unspecified atom stereocenters. The molecule has 0 N–H and O–H groups in total. The zero-order valence-electron chi connectivity index (χ0n) is 15.8. The minimum absolute atomic E-state index is 0.301. The number of anilines is 1. The first-order valence-corrected chi connectivity index (χ1v) is 9.62. The number of nitrogens with zero attached hydrogens (tertiary/aromatic N) is 5. The lowest BCUT2D eigenvalue weighted by Gasteiger charge is -2.31. The summed E-state index contributed by atoms with van der Waals surface area (Å²) < 4.78 is 11.0. The number of aryl methyl sites for hydroxylation is 1. The van der Waals surface area contributed by atoms with E-state index in [2.05, 4.69) is 44.9 Å². The van der Waals surface area contributed by atoms with Crippen molar-refractivity contribution in [1.82, 2.24) is 20.1 Å². The van der Waals surface area contributed by atoms with E-state index in [1.54, 1.807) is 0 Å². The molecule has 0 aromatic carbocycles. The van der Waals surface area contributed by atoms with E-state index in [1.165, 1.54) is 0 Å². The number of aromatic nitrogens is 4. The Morgan fingerprint density at radius 2 is 1.88 bits per heavy atom. The van der Waals surface area contributed by atoms with Crippen molar-refractivity contribution in [1.29, 1.82) is 0 Å². The molecule has 0 saturated carbocycles. The molecule has 2 aliphatic rings. The van der Waals surface area contributed by atoms with Crippen molar-refractivity contribution in [3.05, 3.63) is 29.3 Å². The molecular formula is C19H27N5O2. The van der Waals surface area contributed by atoms with E-state index >= 15 is 0 Å². The Hall–Kier alpha value is -2.02. The average molecular weight is 357 g/mol. The fourth-order valence-electron chi connectivity index (χ4n) is 3.72. The maximum atomic E-state index is 5.52. The number of ether oxygens (including phenoxy) is 1. The van der Waals surface area contributed by atoms with E-state index in [4.69, 9.17) is 9.26 Å². The van der Waals surface area contributed by atoms with E-state index in [9.17, 15) is 0 Å². The normalized spacial score (nSPS) is 21.7. The van der Waals surface area contributed by atoms with Crippen molar-refractivity contribution in [2.24, 2.45) is 0 Å². The molecule has 1 atom stereocenters. The Kier molecular flexibility index (Phi) is 4.89. The summed E-state index contributed by atoms with van der Waals surface area (Å²) >= 11 is 0. The lowest BCUT2D eigenvalue weighted by Crippen LogP contribution is -2.34. The molecular weight excluding hydrogens is 330 g/mol. The highest BCUT2D eigenvalue weighted by atomic mass is 16.5. The van der Waals surface area contributed by atoms with Gasteiger partial charge in [-0.3, -0.25) is 0 Å². The van der Waals surface area contributed by atoms with Crippen LogP contribution in [-0.2, 0) is 4.74 Å². The van der Waals surface area contributed by atoms with E-state index in [0.29, 0.717) is 17.8 Å². The third-order valence-electron chi connectivity index (χ3n) is 5.33. The zero-order chi connectivity index (χ0) is 18.1. The summed E-state index contributed by atoms with van der Waals surface area (Å²) in [6.45, 7) is 9.64. The Morgan fingerprint density at radius 1 is 1.08 bits per heavy atom. The fraction of sp³-hybridized carbons (Fsp3) is 0.684. The van der Waals surface area contributed by atoms with Crippen LogP contribution in [-0.4, -0.2) is 46.4 Å². The smallest absolute Gasteiger partial charge is 0.229 e.